The largest absolute Gasteiger partial charge is 0.489 e. The smallest absolute Gasteiger partial charge is 0.248 e. The van der Waals surface area contributed by atoms with Gasteiger partial charge in [-0.3, -0.25) is 9.78 Å². The van der Waals surface area contributed by atoms with Crippen LogP contribution in [0.2, 0.25) is 0 Å². The van der Waals surface area contributed by atoms with Crippen LogP contribution in [0.25, 0.3) is 10.9 Å². The van der Waals surface area contributed by atoms with E-state index >= 15 is 0 Å². The molecular weight excluding hydrogens is 478 g/mol. The van der Waals surface area contributed by atoms with Crippen LogP contribution in [0.3, 0.4) is 0 Å². The zero-order valence-electron chi connectivity index (χ0n) is 21.7. The molecule has 194 valence electrons. The Labute approximate surface area is 223 Å². The zero-order valence-corrected chi connectivity index (χ0v) is 21.7. The van der Waals surface area contributed by atoms with E-state index < -0.39 is 0 Å². The van der Waals surface area contributed by atoms with Crippen molar-refractivity contribution in [2.24, 2.45) is 0 Å². The number of rotatable bonds is 9. The van der Waals surface area contributed by atoms with Crippen molar-refractivity contribution in [3.63, 3.8) is 0 Å². The lowest BCUT2D eigenvalue weighted by atomic mass is 10.0. The van der Waals surface area contributed by atoms with Crippen molar-refractivity contribution in [3.05, 3.63) is 65.4 Å². The molecule has 2 heterocycles. The van der Waals surface area contributed by atoms with E-state index in [1.54, 1.807) is 25.3 Å². The minimum atomic E-state index is -0.221. The quantitative estimate of drug-likeness (QED) is 0.242. The molecule has 1 saturated heterocycles. The molecule has 1 aromatic heterocycles. The topological polar surface area (TPSA) is 99.5 Å². The Balaban J connectivity index is 1.71. The molecule has 0 unspecified atom stereocenters. The third-order valence-corrected chi connectivity index (χ3v) is 6.47. The Morgan fingerprint density at radius 2 is 2.05 bits per heavy atom. The summed E-state index contributed by atoms with van der Waals surface area (Å²) < 4.78 is 11.1. The molecule has 2 aromatic carbocycles. The molecule has 8 heteroatoms. The maximum atomic E-state index is 13.0. The number of benzene rings is 2. The summed E-state index contributed by atoms with van der Waals surface area (Å²) in [5.74, 6) is 2.87. The predicted molar refractivity (Wildman–Crippen MR) is 150 cm³/mol. The second-order valence-electron chi connectivity index (χ2n) is 8.94. The Hall–Kier alpha value is -4.37. The number of likely N-dealkylation sites (tertiary alicyclic amines) is 1. The first-order valence-electron chi connectivity index (χ1n) is 12.6. The number of hydrogen-bond acceptors (Lipinski definition) is 7. The Morgan fingerprint density at radius 3 is 2.76 bits per heavy atom. The molecule has 0 spiro atoms. The molecule has 0 atom stereocenters. The number of hydrogen-bond donors (Lipinski definition) is 2. The van der Waals surface area contributed by atoms with Crippen molar-refractivity contribution in [1.29, 1.82) is 5.26 Å². The fraction of sp³-hybridized carbons (Fsp3) is 0.300. The number of nitrogens with one attached hydrogen (secondary N) is 2. The number of fused-ring (bicyclic) bond motifs is 1. The highest BCUT2D eigenvalue weighted by atomic mass is 16.5. The van der Waals surface area contributed by atoms with Crippen LogP contribution >= 0.6 is 0 Å². The number of carbonyl (C=O) groups is 1. The Morgan fingerprint density at radius 1 is 1.24 bits per heavy atom. The Bertz CT molecular complexity index is 1420. The van der Waals surface area contributed by atoms with Gasteiger partial charge >= 0.3 is 0 Å². The number of methoxy groups -OCH3 is 1. The fourth-order valence-electron chi connectivity index (χ4n) is 4.38. The standard InChI is InChI=1S/C30H31N5O3/c1-4-21-7-6-8-24(15-21)33-30-23(19-31)20-32-26-18-28(38-14-13-37-3)27(17-25(26)30)34-29(36)16-22-9-11-35(5-2)12-10-22/h1,6-8,15-18,20H,5,9-14H2,2-3H3,(H,32,33)(H,34,36). The van der Waals surface area contributed by atoms with Gasteiger partial charge in [-0.1, -0.05) is 24.5 Å². The lowest BCUT2D eigenvalue weighted by molar-refractivity contribution is -0.112. The van der Waals surface area contributed by atoms with Gasteiger partial charge in [-0.25, -0.2) is 0 Å². The van der Waals surface area contributed by atoms with Crippen LogP contribution in [-0.4, -0.2) is 55.7 Å². The molecule has 0 bridgehead atoms. The van der Waals surface area contributed by atoms with Gasteiger partial charge in [0.1, 0.15) is 18.4 Å². The van der Waals surface area contributed by atoms with Crippen molar-refractivity contribution in [2.45, 2.75) is 19.8 Å². The summed E-state index contributed by atoms with van der Waals surface area (Å²) in [6.45, 7) is 5.77. The molecule has 8 nitrogen and oxygen atoms in total. The highest BCUT2D eigenvalue weighted by molar-refractivity contribution is 6.05. The van der Waals surface area contributed by atoms with Crippen LogP contribution in [0.4, 0.5) is 17.1 Å². The molecule has 0 saturated carbocycles. The van der Waals surface area contributed by atoms with E-state index in [1.165, 1.54) is 6.20 Å². The van der Waals surface area contributed by atoms with E-state index in [4.69, 9.17) is 15.9 Å². The highest BCUT2D eigenvalue weighted by Gasteiger charge is 2.17. The van der Waals surface area contributed by atoms with Crippen molar-refractivity contribution in [1.82, 2.24) is 9.88 Å². The third kappa shape index (κ3) is 6.49. The molecule has 1 amide bonds. The molecule has 1 aliphatic rings. The number of pyridine rings is 1. The van der Waals surface area contributed by atoms with Gasteiger partial charge in [-0.2, -0.15) is 5.26 Å². The SMILES string of the molecule is C#Cc1cccc(Nc2c(C#N)cnc3cc(OCCOC)c(NC(=O)C=C4CCN(CC)CC4)cc23)c1. The van der Waals surface area contributed by atoms with Gasteiger partial charge in [0, 0.05) is 55.2 Å². The summed E-state index contributed by atoms with van der Waals surface area (Å²) in [5.41, 5.74) is 4.59. The molecule has 4 rings (SSSR count). The lowest BCUT2D eigenvalue weighted by Crippen LogP contribution is -2.30. The van der Waals surface area contributed by atoms with Crippen LogP contribution in [0, 0.1) is 23.7 Å². The normalized spacial score (nSPS) is 13.4. The minimum absolute atomic E-state index is 0.221. The highest BCUT2D eigenvalue weighted by Crippen LogP contribution is 2.36. The number of piperidine rings is 1. The van der Waals surface area contributed by atoms with E-state index in [1.807, 2.05) is 24.3 Å². The molecule has 3 aromatic rings. The first kappa shape index (κ1) is 26.7. The summed E-state index contributed by atoms with van der Waals surface area (Å²) in [4.78, 5) is 19.9. The molecule has 0 aliphatic carbocycles. The van der Waals surface area contributed by atoms with Gasteiger partial charge in [-0.05, 0) is 43.7 Å². The van der Waals surface area contributed by atoms with E-state index in [-0.39, 0.29) is 5.91 Å². The second kappa shape index (κ2) is 12.7. The van der Waals surface area contributed by atoms with Crippen molar-refractivity contribution in [3.8, 4) is 24.2 Å². The monoisotopic (exact) mass is 509 g/mol. The summed E-state index contributed by atoms with van der Waals surface area (Å²) in [6, 6.07) is 13.1. The molecule has 0 radical (unpaired) electrons. The number of terminal acetylenes is 1. The van der Waals surface area contributed by atoms with Gasteiger partial charge in [0.15, 0.2) is 0 Å². The van der Waals surface area contributed by atoms with E-state index in [2.05, 4.69) is 39.4 Å². The predicted octanol–water partition coefficient (Wildman–Crippen LogP) is 4.84. The van der Waals surface area contributed by atoms with Crippen LogP contribution in [-0.2, 0) is 9.53 Å². The van der Waals surface area contributed by atoms with E-state index in [0.29, 0.717) is 52.4 Å². The molecule has 2 N–H and O–H groups in total. The average Bonchev–Trinajstić information content (AvgIpc) is 2.94. The minimum Gasteiger partial charge on any atom is -0.489 e. The summed E-state index contributed by atoms with van der Waals surface area (Å²) in [7, 11) is 1.60. The number of amides is 1. The van der Waals surface area contributed by atoms with Gasteiger partial charge in [0.05, 0.1) is 29.1 Å². The van der Waals surface area contributed by atoms with Crippen molar-refractivity contribution >= 4 is 33.9 Å². The van der Waals surface area contributed by atoms with E-state index in [9.17, 15) is 10.1 Å². The van der Waals surface area contributed by atoms with Gasteiger partial charge in [0.25, 0.3) is 0 Å². The summed E-state index contributed by atoms with van der Waals surface area (Å²) >= 11 is 0. The number of nitrogens with zero attached hydrogens (tertiary/aromatic N) is 3. The molecule has 1 aliphatic heterocycles. The van der Waals surface area contributed by atoms with Crippen LogP contribution in [0.15, 0.2) is 54.2 Å². The number of ether oxygens (including phenoxy) is 2. The van der Waals surface area contributed by atoms with Crippen molar-refractivity contribution in [2.75, 3.05) is 50.6 Å². The maximum Gasteiger partial charge on any atom is 0.248 e. The number of nitriles is 1. The van der Waals surface area contributed by atoms with Gasteiger partial charge < -0.3 is 25.0 Å². The van der Waals surface area contributed by atoms with Crippen LogP contribution in [0.5, 0.6) is 5.75 Å². The molecule has 1 fully saturated rings. The summed E-state index contributed by atoms with van der Waals surface area (Å²) in [6.07, 6.45) is 10.5. The first-order valence-corrected chi connectivity index (χ1v) is 12.6. The lowest BCUT2D eigenvalue weighted by Gasteiger charge is -2.26. The second-order valence-corrected chi connectivity index (χ2v) is 8.94. The number of anilines is 3. The van der Waals surface area contributed by atoms with Gasteiger partial charge in [0.2, 0.25) is 5.91 Å². The van der Waals surface area contributed by atoms with Crippen molar-refractivity contribution < 1.29 is 14.3 Å². The number of aromatic nitrogens is 1. The third-order valence-electron chi connectivity index (χ3n) is 6.47. The molecule has 38 heavy (non-hydrogen) atoms. The maximum absolute atomic E-state index is 13.0. The first-order chi connectivity index (χ1) is 18.5. The fourth-order valence-corrected chi connectivity index (χ4v) is 4.38. The average molecular weight is 510 g/mol. The van der Waals surface area contributed by atoms with Gasteiger partial charge in [-0.15, -0.1) is 6.42 Å². The summed E-state index contributed by atoms with van der Waals surface area (Å²) in [5, 5.41) is 16.8. The Kier molecular flexibility index (Phi) is 8.94. The van der Waals surface area contributed by atoms with Crippen LogP contribution in [0.1, 0.15) is 30.9 Å². The molecular formula is C30H31N5O3. The van der Waals surface area contributed by atoms with E-state index in [0.717, 1.165) is 43.7 Å². The zero-order chi connectivity index (χ0) is 26.9. The van der Waals surface area contributed by atoms with Crippen LogP contribution < -0.4 is 15.4 Å². The number of carbonyl (C=O) groups excluding carboxylic acids is 1.